The molecule has 1 aromatic rings. The summed E-state index contributed by atoms with van der Waals surface area (Å²) in [7, 11) is 0. The second-order valence-corrected chi connectivity index (χ2v) is 4.09. The van der Waals surface area contributed by atoms with E-state index in [0.29, 0.717) is 23.4 Å². The van der Waals surface area contributed by atoms with Crippen LogP contribution in [0.1, 0.15) is 12.8 Å². The summed E-state index contributed by atoms with van der Waals surface area (Å²) >= 11 is 5.83. The minimum Gasteiger partial charge on any atom is -0.490 e. The molecule has 1 heterocycles. The van der Waals surface area contributed by atoms with Crippen molar-refractivity contribution in [3.63, 3.8) is 0 Å². The van der Waals surface area contributed by atoms with Crippen LogP contribution in [0.5, 0.6) is 5.75 Å². The van der Waals surface area contributed by atoms with Gasteiger partial charge in [0.05, 0.1) is 5.02 Å². The monoisotopic (exact) mass is 229 g/mol. The quantitative estimate of drug-likeness (QED) is 0.861. The summed E-state index contributed by atoms with van der Waals surface area (Å²) in [6.07, 6.45) is 2.31. The maximum absolute atomic E-state index is 12.7. The predicted octanol–water partition coefficient (Wildman–Crippen LogP) is 2.61. The van der Waals surface area contributed by atoms with E-state index in [9.17, 15) is 4.39 Å². The highest BCUT2D eigenvalue weighted by atomic mass is 35.5. The van der Waals surface area contributed by atoms with Crippen molar-refractivity contribution in [3.05, 3.63) is 29.0 Å². The molecule has 0 bridgehead atoms. The number of hydrogen-bond donors (Lipinski definition) is 1. The second kappa shape index (κ2) is 4.81. The van der Waals surface area contributed by atoms with E-state index in [1.165, 1.54) is 18.6 Å². The zero-order valence-corrected chi connectivity index (χ0v) is 9.06. The Hall–Kier alpha value is -0.800. The Morgan fingerprint density at radius 1 is 1.53 bits per heavy atom. The molecule has 0 amide bonds. The first-order valence-corrected chi connectivity index (χ1v) is 5.45. The molecular weight excluding hydrogens is 217 g/mol. The van der Waals surface area contributed by atoms with Crippen molar-refractivity contribution in [3.8, 4) is 5.75 Å². The van der Waals surface area contributed by atoms with Gasteiger partial charge < -0.3 is 10.1 Å². The van der Waals surface area contributed by atoms with Gasteiger partial charge in [-0.15, -0.1) is 0 Å². The minimum atomic E-state index is -0.341. The summed E-state index contributed by atoms with van der Waals surface area (Å²) in [6, 6.07) is 4.57. The highest BCUT2D eigenvalue weighted by molar-refractivity contribution is 6.32. The number of halogens is 2. The summed E-state index contributed by atoms with van der Waals surface area (Å²) in [4.78, 5) is 0. The molecule has 0 radical (unpaired) electrons. The fraction of sp³-hybridized carbons (Fsp3) is 0.455. The van der Waals surface area contributed by atoms with Gasteiger partial charge in [-0.1, -0.05) is 11.6 Å². The Kier molecular flexibility index (Phi) is 3.44. The Morgan fingerprint density at radius 2 is 2.40 bits per heavy atom. The Labute approximate surface area is 93.4 Å². The molecule has 1 aromatic carbocycles. The van der Waals surface area contributed by atoms with Gasteiger partial charge in [0.15, 0.2) is 0 Å². The van der Waals surface area contributed by atoms with Crippen molar-refractivity contribution in [2.24, 2.45) is 0 Å². The fourth-order valence-corrected chi connectivity index (χ4v) is 1.90. The molecule has 82 valence electrons. The standard InChI is InChI=1S/C11H13ClFNO/c12-10-6-8(13)3-4-11(10)15-7-9-2-1-5-14-9/h3-4,6,9,14H,1-2,5,7H2/t9-/m1/s1. The van der Waals surface area contributed by atoms with E-state index in [-0.39, 0.29) is 5.82 Å². The molecule has 0 aromatic heterocycles. The predicted molar refractivity (Wildman–Crippen MR) is 57.9 cm³/mol. The van der Waals surface area contributed by atoms with Crippen molar-refractivity contribution in [1.29, 1.82) is 0 Å². The molecule has 0 saturated carbocycles. The van der Waals surface area contributed by atoms with E-state index in [4.69, 9.17) is 16.3 Å². The van der Waals surface area contributed by atoms with Gasteiger partial charge in [-0.25, -0.2) is 4.39 Å². The number of nitrogens with one attached hydrogen (secondary N) is 1. The van der Waals surface area contributed by atoms with E-state index in [0.717, 1.165) is 13.0 Å². The van der Waals surface area contributed by atoms with Gasteiger partial charge >= 0.3 is 0 Å². The zero-order valence-electron chi connectivity index (χ0n) is 8.30. The van der Waals surface area contributed by atoms with Gasteiger partial charge in [-0.3, -0.25) is 0 Å². The van der Waals surface area contributed by atoms with Crippen LogP contribution in [-0.4, -0.2) is 19.2 Å². The second-order valence-electron chi connectivity index (χ2n) is 3.68. The highest BCUT2D eigenvalue weighted by Crippen LogP contribution is 2.25. The molecule has 15 heavy (non-hydrogen) atoms. The van der Waals surface area contributed by atoms with Gasteiger partial charge in [0, 0.05) is 6.04 Å². The molecule has 1 atom stereocenters. The topological polar surface area (TPSA) is 21.3 Å². The molecule has 0 spiro atoms. The summed E-state index contributed by atoms with van der Waals surface area (Å²) in [5.41, 5.74) is 0. The third kappa shape index (κ3) is 2.83. The van der Waals surface area contributed by atoms with Gasteiger partial charge in [0.25, 0.3) is 0 Å². The Morgan fingerprint density at radius 3 is 3.07 bits per heavy atom. The van der Waals surface area contributed by atoms with E-state index in [1.54, 1.807) is 6.07 Å². The van der Waals surface area contributed by atoms with E-state index in [1.807, 2.05) is 0 Å². The fourth-order valence-electron chi connectivity index (χ4n) is 1.68. The lowest BCUT2D eigenvalue weighted by molar-refractivity contribution is 0.277. The molecule has 4 heteroatoms. The maximum Gasteiger partial charge on any atom is 0.138 e. The van der Waals surface area contributed by atoms with Crippen molar-refractivity contribution in [2.75, 3.05) is 13.2 Å². The largest absolute Gasteiger partial charge is 0.490 e. The highest BCUT2D eigenvalue weighted by Gasteiger charge is 2.15. The Bertz CT molecular complexity index is 339. The third-order valence-corrected chi connectivity index (χ3v) is 2.79. The average Bonchev–Trinajstić information content (AvgIpc) is 2.69. The average molecular weight is 230 g/mol. The van der Waals surface area contributed by atoms with Crippen LogP contribution in [0.15, 0.2) is 18.2 Å². The summed E-state index contributed by atoms with van der Waals surface area (Å²) in [5, 5.41) is 3.64. The summed E-state index contributed by atoms with van der Waals surface area (Å²) in [5.74, 6) is 0.207. The van der Waals surface area contributed by atoms with Crippen LogP contribution in [0.2, 0.25) is 5.02 Å². The van der Waals surface area contributed by atoms with E-state index < -0.39 is 0 Å². The van der Waals surface area contributed by atoms with Gasteiger partial charge in [0.1, 0.15) is 18.2 Å². The number of hydrogen-bond acceptors (Lipinski definition) is 2. The van der Waals surface area contributed by atoms with Crippen molar-refractivity contribution >= 4 is 11.6 Å². The van der Waals surface area contributed by atoms with Crippen LogP contribution in [0, 0.1) is 5.82 Å². The van der Waals surface area contributed by atoms with Crippen LogP contribution < -0.4 is 10.1 Å². The molecule has 2 rings (SSSR count). The lowest BCUT2D eigenvalue weighted by Crippen LogP contribution is -2.28. The number of ether oxygens (including phenoxy) is 1. The summed E-state index contributed by atoms with van der Waals surface area (Å²) in [6.45, 7) is 1.64. The molecule has 2 nitrogen and oxygen atoms in total. The molecular formula is C11H13ClFNO. The first-order valence-electron chi connectivity index (χ1n) is 5.07. The smallest absolute Gasteiger partial charge is 0.138 e. The lowest BCUT2D eigenvalue weighted by Gasteiger charge is -2.12. The molecule has 1 aliphatic rings. The molecule has 1 saturated heterocycles. The molecule has 1 fully saturated rings. The third-order valence-electron chi connectivity index (χ3n) is 2.50. The van der Waals surface area contributed by atoms with Gasteiger partial charge in [-0.2, -0.15) is 0 Å². The lowest BCUT2D eigenvalue weighted by atomic mass is 10.2. The number of rotatable bonds is 3. The van der Waals surface area contributed by atoms with Crippen LogP contribution in [0.4, 0.5) is 4.39 Å². The number of benzene rings is 1. The zero-order chi connectivity index (χ0) is 10.7. The maximum atomic E-state index is 12.7. The summed E-state index contributed by atoms with van der Waals surface area (Å²) < 4.78 is 18.3. The van der Waals surface area contributed by atoms with Crippen molar-refractivity contribution in [1.82, 2.24) is 5.32 Å². The van der Waals surface area contributed by atoms with Crippen molar-refractivity contribution in [2.45, 2.75) is 18.9 Å². The first kappa shape index (κ1) is 10.7. The molecule has 0 unspecified atom stereocenters. The van der Waals surface area contributed by atoms with E-state index in [2.05, 4.69) is 5.32 Å². The van der Waals surface area contributed by atoms with Gasteiger partial charge in [-0.05, 0) is 37.6 Å². The first-order chi connectivity index (χ1) is 7.25. The molecule has 1 N–H and O–H groups in total. The Balaban J connectivity index is 1.92. The van der Waals surface area contributed by atoms with E-state index >= 15 is 0 Å². The molecule has 1 aliphatic heterocycles. The van der Waals surface area contributed by atoms with Crippen LogP contribution in [0.3, 0.4) is 0 Å². The SMILES string of the molecule is Fc1ccc(OC[C@H]2CCCN2)c(Cl)c1. The van der Waals surface area contributed by atoms with Gasteiger partial charge in [0.2, 0.25) is 0 Å². The normalized spacial score (nSPS) is 20.5. The van der Waals surface area contributed by atoms with Crippen LogP contribution in [0.25, 0.3) is 0 Å². The molecule has 0 aliphatic carbocycles. The van der Waals surface area contributed by atoms with Crippen molar-refractivity contribution < 1.29 is 9.13 Å². The minimum absolute atomic E-state index is 0.327. The van der Waals surface area contributed by atoms with Crippen LogP contribution >= 0.6 is 11.6 Å². The van der Waals surface area contributed by atoms with Crippen LogP contribution in [-0.2, 0) is 0 Å².